The lowest BCUT2D eigenvalue weighted by molar-refractivity contribution is 0.183. The van der Waals surface area contributed by atoms with Gasteiger partial charge < -0.3 is 5.32 Å². The Hall–Kier alpha value is -0.390. The molecular formula is C12H21BrN4. The number of aromatic nitrogens is 2. The molecule has 96 valence electrons. The van der Waals surface area contributed by atoms with E-state index in [1.54, 1.807) is 0 Å². The van der Waals surface area contributed by atoms with E-state index in [4.69, 9.17) is 0 Å². The van der Waals surface area contributed by atoms with Crippen molar-refractivity contribution in [3.05, 3.63) is 15.9 Å². The molecule has 0 amide bonds. The third-order valence-corrected chi connectivity index (χ3v) is 4.58. The summed E-state index contributed by atoms with van der Waals surface area (Å²) in [6, 6.07) is 0.636. The zero-order chi connectivity index (χ0) is 12.4. The summed E-state index contributed by atoms with van der Waals surface area (Å²) in [5.74, 6) is 0. The Morgan fingerprint density at radius 1 is 1.53 bits per heavy atom. The molecule has 0 saturated carbocycles. The third-order valence-electron chi connectivity index (χ3n) is 3.55. The first-order chi connectivity index (χ1) is 8.11. The van der Waals surface area contributed by atoms with Gasteiger partial charge in [0.15, 0.2) is 0 Å². The molecule has 1 N–H and O–H groups in total. The van der Waals surface area contributed by atoms with Crippen LogP contribution in [0.3, 0.4) is 0 Å². The number of likely N-dealkylation sites (tertiary alicyclic amines) is 1. The summed E-state index contributed by atoms with van der Waals surface area (Å²) in [5.41, 5.74) is 2.35. The van der Waals surface area contributed by atoms with E-state index >= 15 is 0 Å². The number of hydrogen-bond acceptors (Lipinski definition) is 3. The van der Waals surface area contributed by atoms with Gasteiger partial charge in [-0.3, -0.25) is 9.58 Å². The van der Waals surface area contributed by atoms with Crippen molar-refractivity contribution >= 4 is 15.9 Å². The molecule has 2 rings (SSSR count). The van der Waals surface area contributed by atoms with Gasteiger partial charge in [0, 0.05) is 26.2 Å². The van der Waals surface area contributed by atoms with Crippen LogP contribution < -0.4 is 5.32 Å². The number of likely N-dealkylation sites (N-methyl/N-ethyl adjacent to an activating group) is 1. The number of nitrogens with zero attached hydrogens (tertiary/aromatic N) is 3. The zero-order valence-electron chi connectivity index (χ0n) is 10.8. The van der Waals surface area contributed by atoms with Crippen molar-refractivity contribution < 1.29 is 0 Å². The normalized spacial score (nSPS) is 22.0. The fourth-order valence-corrected chi connectivity index (χ4v) is 2.96. The maximum absolute atomic E-state index is 4.44. The topological polar surface area (TPSA) is 33.1 Å². The van der Waals surface area contributed by atoms with Crippen molar-refractivity contribution in [3.63, 3.8) is 0 Å². The van der Waals surface area contributed by atoms with E-state index in [1.807, 2.05) is 18.7 Å². The van der Waals surface area contributed by atoms with Crippen molar-refractivity contribution in [1.82, 2.24) is 20.0 Å². The predicted octanol–water partition coefficient (Wildman–Crippen LogP) is 1.67. The zero-order valence-corrected chi connectivity index (χ0v) is 12.4. The van der Waals surface area contributed by atoms with Gasteiger partial charge in [-0.15, -0.1) is 0 Å². The molecule has 1 fully saturated rings. The van der Waals surface area contributed by atoms with Crippen molar-refractivity contribution in [2.24, 2.45) is 7.05 Å². The lowest BCUT2D eigenvalue weighted by atomic mass is 10.1. The van der Waals surface area contributed by atoms with Crippen LogP contribution in [-0.4, -0.2) is 40.9 Å². The smallest absolute Gasteiger partial charge is 0.0739 e. The van der Waals surface area contributed by atoms with E-state index in [2.05, 4.69) is 38.3 Å². The van der Waals surface area contributed by atoms with Crippen molar-refractivity contribution in [1.29, 1.82) is 0 Å². The number of nitrogens with one attached hydrogen (secondary N) is 1. The fourth-order valence-electron chi connectivity index (χ4n) is 2.50. The molecule has 1 aromatic heterocycles. The molecule has 1 saturated heterocycles. The summed E-state index contributed by atoms with van der Waals surface area (Å²) in [5, 5.41) is 7.82. The maximum Gasteiger partial charge on any atom is 0.0739 e. The first kappa shape index (κ1) is 13.1. The number of halogens is 1. The molecule has 5 heteroatoms. The van der Waals surface area contributed by atoms with Crippen LogP contribution in [0, 0.1) is 6.92 Å². The largest absolute Gasteiger partial charge is 0.316 e. The van der Waals surface area contributed by atoms with Crippen LogP contribution in [0.25, 0.3) is 0 Å². The summed E-state index contributed by atoms with van der Waals surface area (Å²) in [4.78, 5) is 2.51. The van der Waals surface area contributed by atoms with Crippen LogP contribution in [0.5, 0.6) is 0 Å². The molecule has 1 aliphatic rings. The maximum atomic E-state index is 4.44. The molecule has 4 nitrogen and oxygen atoms in total. The second-order valence-electron chi connectivity index (χ2n) is 4.83. The van der Waals surface area contributed by atoms with E-state index in [0.717, 1.165) is 23.3 Å². The van der Waals surface area contributed by atoms with Gasteiger partial charge in [0.2, 0.25) is 0 Å². The van der Waals surface area contributed by atoms with Crippen molar-refractivity contribution in [3.8, 4) is 0 Å². The van der Waals surface area contributed by atoms with Crippen molar-refractivity contribution in [2.75, 3.05) is 20.1 Å². The minimum absolute atomic E-state index is 0.636. The highest BCUT2D eigenvalue weighted by atomic mass is 79.9. The fraction of sp³-hybridized carbons (Fsp3) is 0.750. The number of rotatable bonds is 3. The van der Waals surface area contributed by atoms with Gasteiger partial charge in [-0.2, -0.15) is 5.10 Å². The molecule has 0 aromatic carbocycles. The first-order valence-corrected chi connectivity index (χ1v) is 6.98. The average Bonchev–Trinajstić information content (AvgIpc) is 2.56. The van der Waals surface area contributed by atoms with Crippen molar-refractivity contribution in [2.45, 2.75) is 32.4 Å². The monoisotopic (exact) mass is 300 g/mol. The molecule has 1 unspecified atom stereocenters. The number of aryl methyl sites for hydroxylation is 2. The molecule has 1 aliphatic heterocycles. The van der Waals surface area contributed by atoms with Crippen LogP contribution >= 0.6 is 15.9 Å². The molecule has 0 bridgehead atoms. The summed E-state index contributed by atoms with van der Waals surface area (Å²) in [6.45, 7) is 5.35. The minimum atomic E-state index is 0.636. The summed E-state index contributed by atoms with van der Waals surface area (Å²) in [7, 11) is 4.07. The SMILES string of the molecule is CNC1CCCN(Cc2c(Br)c(C)nn2C)C1. The van der Waals surface area contributed by atoms with Gasteiger partial charge in [-0.1, -0.05) is 0 Å². The molecular weight excluding hydrogens is 280 g/mol. The molecule has 0 spiro atoms. The Morgan fingerprint density at radius 2 is 2.29 bits per heavy atom. The van der Waals surface area contributed by atoms with Gasteiger partial charge in [-0.05, 0) is 49.3 Å². The highest BCUT2D eigenvalue weighted by Crippen LogP contribution is 2.23. The van der Waals surface area contributed by atoms with E-state index in [0.29, 0.717) is 6.04 Å². The second-order valence-corrected chi connectivity index (χ2v) is 5.63. The van der Waals surface area contributed by atoms with Crippen LogP contribution in [-0.2, 0) is 13.6 Å². The Balaban J connectivity index is 2.05. The molecule has 0 radical (unpaired) electrons. The Labute approximate surface area is 111 Å². The Morgan fingerprint density at radius 3 is 2.88 bits per heavy atom. The molecule has 0 aliphatic carbocycles. The lowest BCUT2D eigenvalue weighted by Gasteiger charge is -2.32. The minimum Gasteiger partial charge on any atom is -0.316 e. The van der Waals surface area contributed by atoms with Gasteiger partial charge in [0.05, 0.1) is 15.9 Å². The Bertz CT molecular complexity index is 388. The predicted molar refractivity (Wildman–Crippen MR) is 73.0 cm³/mol. The van der Waals surface area contributed by atoms with Gasteiger partial charge in [-0.25, -0.2) is 0 Å². The summed E-state index contributed by atoms with van der Waals surface area (Å²) in [6.07, 6.45) is 2.57. The quantitative estimate of drug-likeness (QED) is 0.922. The summed E-state index contributed by atoms with van der Waals surface area (Å²) < 4.78 is 3.15. The van der Waals surface area contributed by atoms with Crippen LogP contribution in [0.4, 0.5) is 0 Å². The highest BCUT2D eigenvalue weighted by Gasteiger charge is 2.21. The molecule has 1 aromatic rings. The third kappa shape index (κ3) is 2.89. The van der Waals surface area contributed by atoms with E-state index in [9.17, 15) is 0 Å². The first-order valence-electron chi connectivity index (χ1n) is 6.19. The van der Waals surface area contributed by atoms with Gasteiger partial charge in [0.25, 0.3) is 0 Å². The van der Waals surface area contributed by atoms with Crippen LogP contribution in [0.2, 0.25) is 0 Å². The molecule has 1 atom stereocenters. The molecule has 2 heterocycles. The average molecular weight is 301 g/mol. The summed E-state index contributed by atoms with van der Waals surface area (Å²) >= 11 is 3.63. The Kier molecular flexibility index (Phi) is 4.22. The van der Waals surface area contributed by atoms with E-state index < -0.39 is 0 Å². The standard InChI is InChI=1S/C12H21BrN4/c1-9-12(13)11(16(3)15-9)8-17-6-4-5-10(7-17)14-2/h10,14H,4-8H2,1-3H3. The van der Waals surface area contributed by atoms with E-state index in [-0.39, 0.29) is 0 Å². The lowest BCUT2D eigenvalue weighted by Crippen LogP contribution is -2.44. The van der Waals surface area contributed by atoms with Crippen LogP contribution in [0.15, 0.2) is 4.47 Å². The van der Waals surface area contributed by atoms with Gasteiger partial charge >= 0.3 is 0 Å². The number of hydrogen-bond donors (Lipinski definition) is 1. The second kappa shape index (κ2) is 5.50. The van der Waals surface area contributed by atoms with E-state index in [1.165, 1.54) is 25.1 Å². The van der Waals surface area contributed by atoms with Crippen LogP contribution in [0.1, 0.15) is 24.2 Å². The number of piperidine rings is 1. The van der Waals surface area contributed by atoms with Gasteiger partial charge in [0.1, 0.15) is 0 Å². The molecule has 17 heavy (non-hydrogen) atoms. The highest BCUT2D eigenvalue weighted by molar-refractivity contribution is 9.10.